The lowest BCUT2D eigenvalue weighted by Crippen LogP contribution is -2.49. The van der Waals surface area contributed by atoms with Crippen LogP contribution in [0, 0.1) is 6.92 Å². The van der Waals surface area contributed by atoms with Gasteiger partial charge in [0.2, 0.25) is 5.91 Å². The van der Waals surface area contributed by atoms with Gasteiger partial charge in [-0.25, -0.2) is 0 Å². The average molecular weight is 490 g/mol. The van der Waals surface area contributed by atoms with Crippen LogP contribution in [0.25, 0.3) is 10.8 Å². The van der Waals surface area contributed by atoms with Crippen molar-refractivity contribution in [1.82, 2.24) is 14.9 Å². The number of piperazine rings is 1. The Morgan fingerprint density at radius 3 is 2.60 bits per heavy atom. The molecule has 2 aliphatic rings. The van der Waals surface area contributed by atoms with Crippen molar-refractivity contribution in [1.29, 1.82) is 0 Å². The molecule has 7 nitrogen and oxygen atoms in total. The van der Waals surface area contributed by atoms with Crippen LogP contribution in [0.4, 0.5) is 11.5 Å². The molecule has 0 spiro atoms. The third-order valence-electron chi connectivity index (χ3n) is 6.94. The Labute approximate surface area is 211 Å². The van der Waals surface area contributed by atoms with E-state index in [0.29, 0.717) is 25.6 Å². The van der Waals surface area contributed by atoms with Crippen LogP contribution in [-0.4, -0.2) is 59.4 Å². The third kappa shape index (κ3) is 4.67. The molecule has 3 heterocycles. The van der Waals surface area contributed by atoms with Gasteiger partial charge in [0, 0.05) is 49.4 Å². The van der Waals surface area contributed by atoms with Crippen LogP contribution in [0.2, 0.25) is 0 Å². The highest BCUT2D eigenvalue weighted by Gasteiger charge is 2.27. The van der Waals surface area contributed by atoms with Crippen LogP contribution in [0.3, 0.4) is 0 Å². The maximum absolute atomic E-state index is 12.0. The second kappa shape index (κ2) is 10.2. The molecule has 0 saturated carbocycles. The molecule has 0 N–H and O–H groups in total. The van der Waals surface area contributed by atoms with E-state index in [1.807, 2.05) is 4.90 Å². The molecule has 1 fully saturated rings. The van der Waals surface area contributed by atoms with E-state index < -0.39 is 0 Å². The SMILES string of the molecule is C=CC(=O)N1CCN(c2nc(OCS)nc3c2CCCN(c2cccc4cccc(C)c24)C3)CC1. The van der Waals surface area contributed by atoms with Crippen molar-refractivity contribution in [3.05, 3.63) is 65.9 Å². The van der Waals surface area contributed by atoms with Gasteiger partial charge < -0.3 is 19.4 Å². The van der Waals surface area contributed by atoms with Crippen LogP contribution in [0.1, 0.15) is 23.2 Å². The van der Waals surface area contributed by atoms with Gasteiger partial charge in [-0.1, -0.05) is 36.9 Å². The molecule has 2 aromatic carbocycles. The van der Waals surface area contributed by atoms with Crippen molar-refractivity contribution < 1.29 is 9.53 Å². The lowest BCUT2D eigenvalue weighted by Gasteiger charge is -2.36. The first-order valence-corrected chi connectivity index (χ1v) is 12.8. The summed E-state index contributed by atoms with van der Waals surface area (Å²) < 4.78 is 5.67. The zero-order valence-electron chi connectivity index (χ0n) is 20.1. The predicted octanol–water partition coefficient (Wildman–Crippen LogP) is 3.99. The Morgan fingerprint density at radius 1 is 1.09 bits per heavy atom. The van der Waals surface area contributed by atoms with Crippen molar-refractivity contribution in [2.75, 3.05) is 48.5 Å². The van der Waals surface area contributed by atoms with Gasteiger partial charge in [0.05, 0.1) is 12.2 Å². The molecule has 1 amide bonds. The number of amides is 1. The summed E-state index contributed by atoms with van der Waals surface area (Å²) in [7, 11) is 0. The number of rotatable bonds is 5. The molecule has 0 bridgehead atoms. The first-order valence-electron chi connectivity index (χ1n) is 12.1. The summed E-state index contributed by atoms with van der Waals surface area (Å²) in [5.41, 5.74) is 4.69. The number of carbonyl (C=O) groups is 1. The van der Waals surface area contributed by atoms with E-state index in [0.717, 1.165) is 44.0 Å². The van der Waals surface area contributed by atoms with Gasteiger partial charge >= 0.3 is 6.01 Å². The molecule has 0 atom stereocenters. The molecule has 2 aliphatic heterocycles. The quantitative estimate of drug-likeness (QED) is 0.332. The van der Waals surface area contributed by atoms with E-state index in [9.17, 15) is 4.79 Å². The predicted molar refractivity (Wildman–Crippen MR) is 144 cm³/mol. The number of fused-ring (bicyclic) bond motifs is 2. The molecule has 0 unspecified atom stereocenters. The maximum atomic E-state index is 12.0. The summed E-state index contributed by atoms with van der Waals surface area (Å²) >= 11 is 4.23. The van der Waals surface area contributed by atoms with Gasteiger partial charge in [-0.05, 0) is 42.9 Å². The fourth-order valence-corrected chi connectivity index (χ4v) is 5.33. The van der Waals surface area contributed by atoms with Crippen molar-refractivity contribution >= 4 is 40.8 Å². The second-order valence-corrected chi connectivity index (χ2v) is 9.28. The largest absolute Gasteiger partial charge is 0.453 e. The number of hydrogen-bond acceptors (Lipinski definition) is 7. The summed E-state index contributed by atoms with van der Waals surface area (Å²) in [6.45, 7) is 10.1. The van der Waals surface area contributed by atoms with Gasteiger partial charge in [-0.2, -0.15) is 9.97 Å². The molecular formula is C27H31N5O2S. The lowest BCUT2D eigenvalue weighted by atomic mass is 10.0. The number of benzene rings is 2. The molecule has 1 aromatic heterocycles. The molecule has 182 valence electrons. The highest BCUT2D eigenvalue weighted by molar-refractivity contribution is 7.80. The molecule has 35 heavy (non-hydrogen) atoms. The molecule has 0 aliphatic carbocycles. The van der Waals surface area contributed by atoms with Crippen molar-refractivity contribution in [3.8, 4) is 6.01 Å². The minimum absolute atomic E-state index is 0.0220. The van der Waals surface area contributed by atoms with Gasteiger partial charge in [-0.15, -0.1) is 12.6 Å². The summed E-state index contributed by atoms with van der Waals surface area (Å²) in [6, 6.07) is 13.3. The molecule has 8 heteroatoms. The van der Waals surface area contributed by atoms with Gasteiger partial charge in [-0.3, -0.25) is 4.79 Å². The number of aryl methyl sites for hydroxylation is 1. The fourth-order valence-electron chi connectivity index (χ4n) is 5.21. The van der Waals surface area contributed by atoms with Crippen LogP contribution < -0.4 is 14.5 Å². The summed E-state index contributed by atoms with van der Waals surface area (Å²) in [6.07, 6.45) is 3.29. The van der Waals surface area contributed by atoms with Gasteiger partial charge in [0.1, 0.15) is 11.8 Å². The van der Waals surface area contributed by atoms with Gasteiger partial charge in [0.15, 0.2) is 0 Å². The number of carbonyl (C=O) groups excluding carboxylic acids is 1. The summed E-state index contributed by atoms with van der Waals surface area (Å²) in [5.74, 6) is 1.12. The van der Waals surface area contributed by atoms with E-state index >= 15 is 0 Å². The minimum atomic E-state index is -0.0220. The first-order chi connectivity index (χ1) is 17.1. The van der Waals surface area contributed by atoms with E-state index in [4.69, 9.17) is 14.7 Å². The second-order valence-electron chi connectivity index (χ2n) is 9.02. The Bertz CT molecular complexity index is 1250. The number of nitrogens with zero attached hydrogens (tertiary/aromatic N) is 5. The minimum Gasteiger partial charge on any atom is -0.453 e. The van der Waals surface area contributed by atoms with Crippen LogP contribution in [0.5, 0.6) is 6.01 Å². The summed E-state index contributed by atoms with van der Waals surface area (Å²) in [5, 5.41) is 2.55. The molecule has 5 rings (SSSR count). The molecule has 0 radical (unpaired) electrons. The topological polar surface area (TPSA) is 61.8 Å². The third-order valence-corrected chi connectivity index (χ3v) is 7.07. The Hall–Kier alpha value is -3.26. The number of hydrogen-bond donors (Lipinski definition) is 1. The molecule has 1 saturated heterocycles. The monoisotopic (exact) mass is 489 g/mol. The van der Waals surface area contributed by atoms with Gasteiger partial charge in [0.25, 0.3) is 0 Å². The Kier molecular flexibility index (Phi) is 6.81. The zero-order valence-corrected chi connectivity index (χ0v) is 21.0. The normalized spacial score (nSPS) is 16.1. The Morgan fingerprint density at radius 2 is 1.86 bits per heavy atom. The highest BCUT2D eigenvalue weighted by Crippen LogP contribution is 2.35. The summed E-state index contributed by atoms with van der Waals surface area (Å²) in [4.78, 5) is 28.2. The van der Waals surface area contributed by atoms with Crippen LogP contribution in [-0.2, 0) is 17.8 Å². The highest BCUT2D eigenvalue weighted by atomic mass is 32.1. The number of thiol groups is 1. The standard InChI is InChI=1S/C27H31N5O2S/c1-3-24(33)30-13-15-31(16-14-30)26-21-10-6-12-32(17-22(21)28-27(29-26)34-18-35)23-11-5-9-20-8-4-7-19(2)25(20)23/h3-5,7-9,11,35H,1,6,10,12-18H2,2H3. The Balaban J connectivity index is 1.50. The van der Waals surface area contributed by atoms with E-state index in [-0.39, 0.29) is 11.8 Å². The number of ether oxygens (including phenoxy) is 1. The number of anilines is 2. The number of aromatic nitrogens is 2. The van der Waals surface area contributed by atoms with E-state index in [1.54, 1.807) is 0 Å². The van der Waals surface area contributed by atoms with Crippen molar-refractivity contribution in [3.63, 3.8) is 0 Å². The molecule has 3 aromatic rings. The van der Waals surface area contributed by atoms with Crippen LogP contribution in [0.15, 0.2) is 49.1 Å². The molecular weight excluding hydrogens is 458 g/mol. The average Bonchev–Trinajstić information content (AvgIpc) is 3.10. The zero-order chi connectivity index (χ0) is 24.4. The van der Waals surface area contributed by atoms with E-state index in [1.165, 1.54) is 33.7 Å². The maximum Gasteiger partial charge on any atom is 0.319 e. The fraction of sp³-hybridized carbons (Fsp3) is 0.370. The smallest absolute Gasteiger partial charge is 0.319 e. The van der Waals surface area contributed by atoms with Crippen LogP contribution >= 0.6 is 12.6 Å². The van der Waals surface area contributed by atoms with E-state index in [2.05, 4.69) is 72.3 Å². The van der Waals surface area contributed by atoms with Crippen molar-refractivity contribution in [2.45, 2.75) is 26.3 Å². The van der Waals surface area contributed by atoms with Crippen molar-refractivity contribution in [2.24, 2.45) is 0 Å². The first kappa shape index (κ1) is 23.5. The lowest BCUT2D eigenvalue weighted by molar-refractivity contribution is -0.126.